The summed E-state index contributed by atoms with van der Waals surface area (Å²) in [5.41, 5.74) is 4.35. The lowest BCUT2D eigenvalue weighted by atomic mass is 10.1. The first kappa shape index (κ1) is 22.1. The molecule has 0 aliphatic carbocycles. The lowest BCUT2D eigenvalue weighted by Gasteiger charge is -2.28. The number of nitrogens with one attached hydrogen (secondary N) is 3. The van der Waals surface area contributed by atoms with Gasteiger partial charge in [-0.3, -0.25) is 24.8 Å². The maximum atomic E-state index is 15.9. The molecule has 0 bridgehead atoms. The summed E-state index contributed by atoms with van der Waals surface area (Å²) in [5, 5.41) is 10.2. The van der Waals surface area contributed by atoms with Crippen molar-refractivity contribution >= 4 is 39.2 Å². The van der Waals surface area contributed by atoms with Crippen molar-refractivity contribution in [1.82, 2.24) is 35.1 Å². The van der Waals surface area contributed by atoms with E-state index >= 15 is 4.39 Å². The molecule has 5 aromatic rings. The summed E-state index contributed by atoms with van der Waals surface area (Å²) >= 11 is 0. The van der Waals surface area contributed by atoms with Crippen molar-refractivity contribution in [3.8, 4) is 22.8 Å². The average Bonchev–Trinajstić information content (AvgIpc) is 3.54. The SMILES string of the molecule is CCC(=O)Nc1cncc(-c2ncc3[nH]nc(-c4nc5c(N6CCCCC6)cncc5[nH]4)c3c2F)c1. The van der Waals surface area contributed by atoms with Gasteiger partial charge in [-0.25, -0.2) is 9.37 Å². The fourth-order valence-electron chi connectivity index (χ4n) is 4.63. The van der Waals surface area contributed by atoms with Crippen LogP contribution in [0.15, 0.2) is 37.1 Å². The highest BCUT2D eigenvalue weighted by molar-refractivity contribution is 5.97. The molecule has 10 nitrogen and oxygen atoms in total. The van der Waals surface area contributed by atoms with Gasteiger partial charge in [0.25, 0.3) is 0 Å². The second kappa shape index (κ2) is 8.99. The van der Waals surface area contributed by atoms with Gasteiger partial charge in [-0.05, 0) is 25.3 Å². The number of pyridine rings is 3. The van der Waals surface area contributed by atoms with Crippen molar-refractivity contribution in [3.63, 3.8) is 0 Å². The zero-order valence-corrected chi connectivity index (χ0v) is 19.7. The largest absolute Gasteiger partial charge is 0.368 e. The highest BCUT2D eigenvalue weighted by Gasteiger charge is 2.22. The number of hydrogen-bond donors (Lipinski definition) is 3. The van der Waals surface area contributed by atoms with E-state index in [1.807, 2.05) is 6.20 Å². The van der Waals surface area contributed by atoms with E-state index in [2.05, 4.69) is 40.3 Å². The summed E-state index contributed by atoms with van der Waals surface area (Å²) in [5.74, 6) is -0.259. The van der Waals surface area contributed by atoms with Crippen molar-refractivity contribution in [1.29, 1.82) is 0 Å². The van der Waals surface area contributed by atoms with Crippen LogP contribution in [0.25, 0.3) is 44.7 Å². The monoisotopic (exact) mass is 485 g/mol. The molecule has 1 fully saturated rings. The van der Waals surface area contributed by atoms with Gasteiger partial charge in [-0.2, -0.15) is 5.10 Å². The summed E-state index contributed by atoms with van der Waals surface area (Å²) in [6.45, 7) is 3.68. The van der Waals surface area contributed by atoms with Crippen molar-refractivity contribution in [2.45, 2.75) is 32.6 Å². The van der Waals surface area contributed by atoms with E-state index in [9.17, 15) is 4.79 Å². The van der Waals surface area contributed by atoms with Gasteiger partial charge in [0.05, 0.1) is 52.6 Å². The van der Waals surface area contributed by atoms with Crippen LogP contribution >= 0.6 is 0 Å². The molecule has 6 heterocycles. The first-order valence-electron chi connectivity index (χ1n) is 12.0. The first-order chi connectivity index (χ1) is 17.6. The molecule has 0 saturated carbocycles. The number of amides is 1. The standard InChI is InChI=1S/C25H24FN9O/c1-2-19(36)30-15-8-14(9-27-10-15)22-21(26)20-16(12-29-22)33-34-24(20)25-31-17-11-28-13-18(23(17)32-25)35-6-4-3-5-7-35/h8-13H,2-7H2,1H3,(H,30,36)(H,31,32)(H,33,34). The van der Waals surface area contributed by atoms with Crippen LogP contribution in [0.4, 0.5) is 15.8 Å². The number of anilines is 2. The molecule has 11 heteroatoms. The highest BCUT2D eigenvalue weighted by atomic mass is 19.1. The Morgan fingerprint density at radius 3 is 2.72 bits per heavy atom. The summed E-state index contributed by atoms with van der Waals surface area (Å²) in [6.07, 6.45) is 11.9. The Kier molecular flexibility index (Phi) is 5.51. The fraction of sp³-hybridized carbons (Fsp3) is 0.280. The van der Waals surface area contributed by atoms with Crippen LogP contribution in [0.3, 0.4) is 0 Å². The van der Waals surface area contributed by atoms with E-state index < -0.39 is 5.82 Å². The van der Waals surface area contributed by atoms with E-state index in [-0.39, 0.29) is 17.0 Å². The minimum absolute atomic E-state index is 0.108. The number of fused-ring (bicyclic) bond motifs is 2. The third-order valence-electron chi connectivity index (χ3n) is 6.46. The lowest BCUT2D eigenvalue weighted by molar-refractivity contribution is -0.115. The van der Waals surface area contributed by atoms with Gasteiger partial charge >= 0.3 is 0 Å². The van der Waals surface area contributed by atoms with Crippen LogP contribution in [0.5, 0.6) is 0 Å². The van der Waals surface area contributed by atoms with Crippen molar-refractivity contribution in [2.75, 3.05) is 23.3 Å². The smallest absolute Gasteiger partial charge is 0.224 e. The van der Waals surface area contributed by atoms with Crippen LogP contribution in [0, 0.1) is 5.82 Å². The molecule has 6 rings (SSSR count). The van der Waals surface area contributed by atoms with E-state index in [0.29, 0.717) is 34.7 Å². The van der Waals surface area contributed by atoms with E-state index in [4.69, 9.17) is 4.98 Å². The van der Waals surface area contributed by atoms with Crippen LogP contribution in [-0.2, 0) is 4.79 Å². The van der Waals surface area contributed by atoms with Gasteiger partial charge in [-0.1, -0.05) is 6.92 Å². The topological polar surface area (TPSA) is 128 Å². The molecular formula is C25H24FN9O. The van der Waals surface area contributed by atoms with Gasteiger partial charge < -0.3 is 15.2 Å². The number of imidazole rings is 1. The van der Waals surface area contributed by atoms with Crippen LogP contribution in [0.2, 0.25) is 0 Å². The fourth-order valence-corrected chi connectivity index (χ4v) is 4.63. The third kappa shape index (κ3) is 3.82. The molecule has 0 unspecified atom stereocenters. The molecule has 182 valence electrons. The van der Waals surface area contributed by atoms with Crippen molar-refractivity contribution in [3.05, 3.63) is 42.9 Å². The quantitative estimate of drug-likeness (QED) is 0.336. The number of piperidine rings is 1. The summed E-state index contributed by atoms with van der Waals surface area (Å²) < 4.78 is 15.9. The van der Waals surface area contributed by atoms with Crippen LogP contribution in [-0.4, -0.2) is 54.1 Å². The minimum Gasteiger partial charge on any atom is -0.368 e. The molecule has 0 radical (unpaired) electrons. The van der Waals surface area contributed by atoms with Crippen molar-refractivity contribution in [2.24, 2.45) is 0 Å². The molecule has 3 N–H and O–H groups in total. The maximum absolute atomic E-state index is 15.9. The lowest BCUT2D eigenvalue weighted by Crippen LogP contribution is -2.29. The van der Waals surface area contributed by atoms with E-state index in [0.717, 1.165) is 42.7 Å². The number of carbonyl (C=O) groups is 1. The molecule has 1 aliphatic rings. The Bertz CT molecular complexity index is 1590. The molecular weight excluding hydrogens is 461 g/mol. The number of carbonyl (C=O) groups excluding carboxylic acids is 1. The van der Waals surface area contributed by atoms with Gasteiger partial charge in [0.2, 0.25) is 5.91 Å². The average molecular weight is 486 g/mol. The number of rotatable bonds is 5. The Morgan fingerprint density at radius 1 is 1.06 bits per heavy atom. The molecule has 36 heavy (non-hydrogen) atoms. The molecule has 0 aromatic carbocycles. The summed E-state index contributed by atoms with van der Waals surface area (Å²) in [7, 11) is 0. The number of hydrogen-bond acceptors (Lipinski definition) is 7. The molecule has 1 amide bonds. The summed E-state index contributed by atoms with van der Waals surface area (Å²) in [6, 6.07) is 1.65. The number of H-pyrrole nitrogens is 2. The summed E-state index contributed by atoms with van der Waals surface area (Å²) in [4.78, 5) is 35.0. The predicted octanol–water partition coefficient (Wildman–Crippen LogP) is 4.44. The molecule has 0 spiro atoms. The molecule has 1 saturated heterocycles. The maximum Gasteiger partial charge on any atom is 0.224 e. The van der Waals surface area contributed by atoms with E-state index in [1.165, 1.54) is 25.0 Å². The number of nitrogens with zero attached hydrogens (tertiary/aromatic N) is 6. The number of aromatic amines is 2. The van der Waals surface area contributed by atoms with Gasteiger partial charge in [0.15, 0.2) is 11.6 Å². The van der Waals surface area contributed by atoms with Gasteiger partial charge in [0, 0.05) is 31.3 Å². The molecule has 0 atom stereocenters. The second-order valence-corrected chi connectivity index (χ2v) is 8.83. The Balaban J connectivity index is 1.43. The zero-order chi connectivity index (χ0) is 24.6. The Labute approximate surface area is 205 Å². The van der Waals surface area contributed by atoms with Crippen LogP contribution in [0.1, 0.15) is 32.6 Å². The Hall–Kier alpha value is -4.41. The normalized spacial score (nSPS) is 14.0. The van der Waals surface area contributed by atoms with Gasteiger partial charge in [0.1, 0.15) is 16.9 Å². The number of aromatic nitrogens is 7. The van der Waals surface area contributed by atoms with E-state index in [1.54, 1.807) is 19.2 Å². The molecule has 5 aromatic heterocycles. The third-order valence-corrected chi connectivity index (χ3v) is 6.46. The van der Waals surface area contributed by atoms with Crippen LogP contribution < -0.4 is 10.2 Å². The second-order valence-electron chi connectivity index (χ2n) is 8.83. The molecule has 1 aliphatic heterocycles. The first-order valence-corrected chi connectivity index (χ1v) is 12.0. The number of halogens is 1. The minimum atomic E-state index is -0.549. The van der Waals surface area contributed by atoms with Crippen molar-refractivity contribution < 1.29 is 9.18 Å². The zero-order valence-electron chi connectivity index (χ0n) is 19.7. The van der Waals surface area contributed by atoms with Gasteiger partial charge in [-0.15, -0.1) is 0 Å². The predicted molar refractivity (Wildman–Crippen MR) is 135 cm³/mol. The highest BCUT2D eigenvalue weighted by Crippen LogP contribution is 2.34. The Morgan fingerprint density at radius 2 is 1.89 bits per heavy atom.